The third kappa shape index (κ3) is 1.17. The van der Waals surface area contributed by atoms with Crippen LogP contribution < -0.4 is 0 Å². The fourth-order valence-electron chi connectivity index (χ4n) is 1.78. The Bertz CT molecular complexity index is 660. The van der Waals surface area contributed by atoms with Crippen molar-refractivity contribution in [2.75, 3.05) is 0 Å². The van der Waals surface area contributed by atoms with E-state index in [0.717, 1.165) is 21.8 Å². The van der Waals surface area contributed by atoms with E-state index in [0.29, 0.717) is 5.15 Å². The van der Waals surface area contributed by atoms with Gasteiger partial charge >= 0.3 is 0 Å². The van der Waals surface area contributed by atoms with Gasteiger partial charge in [0.1, 0.15) is 5.75 Å². The van der Waals surface area contributed by atoms with Crippen molar-refractivity contribution in [2.24, 2.45) is 0 Å². The molecule has 4 heteroatoms. The van der Waals surface area contributed by atoms with Crippen LogP contribution in [0.2, 0.25) is 5.15 Å². The first-order valence-electron chi connectivity index (χ1n) is 4.50. The third-order valence-electron chi connectivity index (χ3n) is 2.46. The highest BCUT2D eigenvalue weighted by atomic mass is 35.5. The van der Waals surface area contributed by atoms with Crippen molar-refractivity contribution in [3.63, 3.8) is 0 Å². The predicted octanol–water partition coefficient (Wildman–Crippen LogP) is 3.08. The Morgan fingerprint density at radius 3 is 2.93 bits per heavy atom. The van der Waals surface area contributed by atoms with E-state index in [-0.39, 0.29) is 5.75 Å². The highest BCUT2D eigenvalue weighted by molar-refractivity contribution is 6.35. The number of aromatic hydroxyl groups is 1. The molecule has 3 rings (SSSR count). The lowest BCUT2D eigenvalue weighted by atomic mass is 10.2. The van der Waals surface area contributed by atoms with E-state index in [2.05, 4.69) is 9.97 Å². The first-order chi connectivity index (χ1) is 7.25. The molecule has 0 saturated heterocycles. The molecule has 2 heterocycles. The normalized spacial score (nSPS) is 11.3. The number of phenolic OH excluding ortho intramolecular Hbond substituents is 1. The number of pyridine rings is 1. The summed E-state index contributed by atoms with van der Waals surface area (Å²) in [6, 6.07) is 7.05. The van der Waals surface area contributed by atoms with Gasteiger partial charge in [0.15, 0.2) is 5.15 Å². The second-order valence-corrected chi connectivity index (χ2v) is 3.74. The molecule has 0 saturated carbocycles. The van der Waals surface area contributed by atoms with Gasteiger partial charge < -0.3 is 10.1 Å². The smallest absolute Gasteiger partial charge is 0.153 e. The van der Waals surface area contributed by atoms with Crippen molar-refractivity contribution in [2.45, 2.75) is 0 Å². The average Bonchev–Trinajstić information content (AvgIpc) is 2.58. The molecule has 0 amide bonds. The molecule has 0 bridgehead atoms. The molecule has 15 heavy (non-hydrogen) atoms. The third-order valence-corrected chi connectivity index (χ3v) is 2.74. The van der Waals surface area contributed by atoms with Crippen LogP contribution in [0.25, 0.3) is 21.8 Å². The number of H-pyrrole nitrogens is 1. The van der Waals surface area contributed by atoms with E-state index in [4.69, 9.17) is 11.6 Å². The molecule has 3 aromatic rings. The average molecular weight is 219 g/mol. The molecule has 2 N–H and O–H groups in total. The molecule has 3 nitrogen and oxygen atoms in total. The van der Waals surface area contributed by atoms with Gasteiger partial charge in [0.25, 0.3) is 0 Å². The minimum absolute atomic E-state index is 0.247. The van der Waals surface area contributed by atoms with Crippen LogP contribution in [-0.4, -0.2) is 15.1 Å². The van der Waals surface area contributed by atoms with Gasteiger partial charge in [0.2, 0.25) is 0 Å². The standard InChI is InChI=1S/C11H7ClN2O/c12-11-10-7(3-4-13-11)8-5-6(15)1-2-9(8)14-10/h1-5,14-15H. The Kier molecular flexibility index (Phi) is 1.64. The predicted molar refractivity (Wildman–Crippen MR) is 60.3 cm³/mol. The molecule has 0 atom stereocenters. The van der Waals surface area contributed by atoms with E-state index in [1.165, 1.54) is 0 Å². The van der Waals surface area contributed by atoms with Crippen LogP contribution in [0.3, 0.4) is 0 Å². The monoisotopic (exact) mass is 218 g/mol. The maximum atomic E-state index is 9.41. The van der Waals surface area contributed by atoms with Crippen LogP contribution in [-0.2, 0) is 0 Å². The zero-order valence-corrected chi connectivity index (χ0v) is 8.42. The fraction of sp³-hybridized carbons (Fsp3) is 0. The van der Waals surface area contributed by atoms with Crippen LogP contribution in [0.1, 0.15) is 0 Å². The Labute approximate surface area is 90.3 Å². The lowest BCUT2D eigenvalue weighted by Crippen LogP contribution is -1.74. The fourth-order valence-corrected chi connectivity index (χ4v) is 1.98. The Morgan fingerprint density at radius 2 is 2.07 bits per heavy atom. The second-order valence-electron chi connectivity index (χ2n) is 3.38. The van der Waals surface area contributed by atoms with Crippen LogP contribution in [0.4, 0.5) is 0 Å². The molecule has 0 unspecified atom stereocenters. The summed E-state index contributed by atoms with van der Waals surface area (Å²) in [6.07, 6.45) is 1.65. The summed E-state index contributed by atoms with van der Waals surface area (Å²) in [5.74, 6) is 0.247. The summed E-state index contributed by atoms with van der Waals surface area (Å²) in [5, 5.41) is 11.8. The first kappa shape index (κ1) is 8.56. The summed E-state index contributed by atoms with van der Waals surface area (Å²) in [5.41, 5.74) is 1.75. The van der Waals surface area contributed by atoms with Crippen LogP contribution >= 0.6 is 11.6 Å². The summed E-state index contributed by atoms with van der Waals surface area (Å²) in [7, 11) is 0. The number of aromatic nitrogens is 2. The van der Waals surface area contributed by atoms with Crippen LogP contribution in [0.15, 0.2) is 30.5 Å². The summed E-state index contributed by atoms with van der Waals surface area (Å²) < 4.78 is 0. The van der Waals surface area contributed by atoms with E-state index in [1.54, 1.807) is 18.3 Å². The summed E-state index contributed by atoms with van der Waals surface area (Å²) >= 11 is 5.96. The summed E-state index contributed by atoms with van der Waals surface area (Å²) in [4.78, 5) is 7.16. The maximum Gasteiger partial charge on any atom is 0.153 e. The zero-order valence-electron chi connectivity index (χ0n) is 7.66. The number of phenols is 1. The molecular formula is C11H7ClN2O. The second kappa shape index (κ2) is 2.87. The Hall–Kier alpha value is -1.74. The Balaban J connectivity index is 2.58. The van der Waals surface area contributed by atoms with Gasteiger partial charge in [-0.05, 0) is 24.3 Å². The van der Waals surface area contributed by atoms with Crippen molar-refractivity contribution in [3.05, 3.63) is 35.6 Å². The van der Waals surface area contributed by atoms with Gasteiger partial charge in [-0.15, -0.1) is 0 Å². The molecule has 0 aliphatic rings. The molecule has 0 radical (unpaired) electrons. The number of nitrogens with zero attached hydrogens (tertiary/aromatic N) is 1. The van der Waals surface area contributed by atoms with Gasteiger partial charge in [0, 0.05) is 22.5 Å². The van der Waals surface area contributed by atoms with Crippen molar-refractivity contribution in [1.82, 2.24) is 9.97 Å². The molecular weight excluding hydrogens is 212 g/mol. The Morgan fingerprint density at radius 1 is 1.20 bits per heavy atom. The highest BCUT2D eigenvalue weighted by Gasteiger charge is 2.07. The summed E-state index contributed by atoms with van der Waals surface area (Å²) in [6.45, 7) is 0. The lowest BCUT2D eigenvalue weighted by Gasteiger charge is -1.92. The van der Waals surface area contributed by atoms with Crippen LogP contribution in [0, 0.1) is 0 Å². The van der Waals surface area contributed by atoms with Crippen molar-refractivity contribution in [1.29, 1.82) is 0 Å². The quantitative estimate of drug-likeness (QED) is 0.570. The molecule has 1 aromatic carbocycles. The van der Waals surface area contributed by atoms with Crippen molar-refractivity contribution in [3.8, 4) is 5.75 Å². The van der Waals surface area contributed by atoms with Crippen LogP contribution in [0.5, 0.6) is 5.75 Å². The van der Waals surface area contributed by atoms with Crippen molar-refractivity contribution >= 4 is 33.4 Å². The molecule has 2 aromatic heterocycles. The first-order valence-corrected chi connectivity index (χ1v) is 4.88. The number of fused-ring (bicyclic) bond motifs is 3. The number of hydrogen-bond acceptors (Lipinski definition) is 2. The maximum absolute atomic E-state index is 9.41. The minimum Gasteiger partial charge on any atom is -0.508 e. The number of hydrogen-bond donors (Lipinski definition) is 2. The zero-order chi connectivity index (χ0) is 10.4. The van der Waals surface area contributed by atoms with E-state index in [1.807, 2.05) is 12.1 Å². The topological polar surface area (TPSA) is 48.9 Å². The van der Waals surface area contributed by atoms with E-state index >= 15 is 0 Å². The number of nitrogens with one attached hydrogen (secondary N) is 1. The molecule has 0 aliphatic heterocycles. The minimum atomic E-state index is 0.247. The van der Waals surface area contributed by atoms with Crippen molar-refractivity contribution < 1.29 is 5.11 Å². The van der Waals surface area contributed by atoms with E-state index < -0.39 is 0 Å². The number of halogens is 1. The SMILES string of the molecule is Oc1ccc2[nH]c3c(Cl)nccc3c2c1. The molecule has 74 valence electrons. The molecule has 0 aliphatic carbocycles. The van der Waals surface area contributed by atoms with E-state index in [9.17, 15) is 5.11 Å². The highest BCUT2D eigenvalue weighted by Crippen LogP contribution is 2.30. The number of aromatic amines is 1. The van der Waals surface area contributed by atoms with Gasteiger partial charge in [-0.3, -0.25) is 0 Å². The van der Waals surface area contributed by atoms with Gasteiger partial charge in [-0.25, -0.2) is 4.98 Å². The largest absolute Gasteiger partial charge is 0.508 e. The molecule has 0 fully saturated rings. The number of rotatable bonds is 0. The number of benzene rings is 1. The molecule has 0 spiro atoms. The van der Waals surface area contributed by atoms with Gasteiger partial charge in [0.05, 0.1) is 5.52 Å². The van der Waals surface area contributed by atoms with Gasteiger partial charge in [-0.2, -0.15) is 0 Å². The van der Waals surface area contributed by atoms with Gasteiger partial charge in [-0.1, -0.05) is 11.6 Å². The lowest BCUT2D eigenvalue weighted by molar-refractivity contribution is 0.476.